The summed E-state index contributed by atoms with van der Waals surface area (Å²) in [4.78, 5) is 32.7. The first-order chi connectivity index (χ1) is 16.4. The van der Waals surface area contributed by atoms with E-state index >= 15 is 0 Å². The van der Waals surface area contributed by atoms with Crippen LogP contribution in [0.5, 0.6) is 0 Å². The quantitative estimate of drug-likeness (QED) is 0.226. The monoisotopic (exact) mass is 466 g/mol. The molecule has 5 atom stereocenters. The van der Waals surface area contributed by atoms with Gasteiger partial charge in [0.25, 0.3) is 0 Å². The zero-order valence-corrected chi connectivity index (χ0v) is 17.7. The van der Waals surface area contributed by atoms with E-state index < -0.39 is 42.9 Å². The minimum atomic E-state index is -1.62. The number of para-hydroxylation sites is 1. The predicted molar refractivity (Wildman–Crippen MR) is 123 cm³/mol. The summed E-state index contributed by atoms with van der Waals surface area (Å²) >= 11 is 0. The van der Waals surface area contributed by atoms with Crippen molar-refractivity contribution in [3.63, 3.8) is 0 Å². The molecular formula is C23H22N4O7. The lowest BCUT2D eigenvalue weighted by Crippen LogP contribution is -2.57. The van der Waals surface area contributed by atoms with Crippen LogP contribution in [0.15, 0.2) is 64.3 Å². The molecule has 0 radical (unpaired) electrons. The third-order valence-electron chi connectivity index (χ3n) is 5.95. The van der Waals surface area contributed by atoms with E-state index in [2.05, 4.69) is 15.3 Å². The van der Waals surface area contributed by atoms with Crippen molar-refractivity contribution in [3.05, 3.63) is 75.4 Å². The Morgan fingerprint density at radius 2 is 1.74 bits per heavy atom. The van der Waals surface area contributed by atoms with Crippen LogP contribution >= 0.6 is 0 Å². The SMILES string of the molecule is O=c1c2ccccc2[nH]c2ccc(Nc3ccn([C@@H]4O[C@H](CO)[C@@H](O)[C@H](O)[C@H]4O)c(=O)n3)cc12. The van der Waals surface area contributed by atoms with Crippen LogP contribution in [0.2, 0.25) is 0 Å². The van der Waals surface area contributed by atoms with Gasteiger partial charge in [0.2, 0.25) is 0 Å². The predicted octanol–water partition coefficient (Wildman–Crippen LogP) is -0.0460. The fourth-order valence-corrected chi connectivity index (χ4v) is 4.13. The van der Waals surface area contributed by atoms with Crippen LogP contribution in [0, 0.1) is 0 Å². The molecule has 11 nitrogen and oxygen atoms in total. The average molecular weight is 466 g/mol. The molecule has 0 bridgehead atoms. The molecule has 5 rings (SSSR count). The van der Waals surface area contributed by atoms with E-state index in [0.717, 1.165) is 10.1 Å². The van der Waals surface area contributed by atoms with Crippen LogP contribution in [0.1, 0.15) is 6.23 Å². The molecule has 3 heterocycles. The maximum absolute atomic E-state index is 12.9. The van der Waals surface area contributed by atoms with Crippen molar-refractivity contribution in [1.29, 1.82) is 0 Å². The van der Waals surface area contributed by atoms with Crippen molar-refractivity contribution in [2.45, 2.75) is 30.6 Å². The second-order valence-corrected chi connectivity index (χ2v) is 8.11. The van der Waals surface area contributed by atoms with E-state index in [4.69, 9.17) is 4.74 Å². The molecule has 0 amide bonds. The second kappa shape index (κ2) is 8.63. The number of H-pyrrole nitrogens is 1. The Hall–Kier alpha value is -3.61. The van der Waals surface area contributed by atoms with Crippen LogP contribution in [0.4, 0.5) is 11.5 Å². The molecule has 6 N–H and O–H groups in total. The molecule has 4 aromatic rings. The topological polar surface area (TPSA) is 170 Å². The van der Waals surface area contributed by atoms with E-state index in [1.807, 2.05) is 12.1 Å². The van der Waals surface area contributed by atoms with Crippen LogP contribution in [0.25, 0.3) is 21.8 Å². The molecule has 1 saturated heterocycles. The molecule has 1 fully saturated rings. The van der Waals surface area contributed by atoms with Gasteiger partial charge < -0.3 is 35.5 Å². The Morgan fingerprint density at radius 3 is 2.50 bits per heavy atom. The minimum absolute atomic E-state index is 0.126. The van der Waals surface area contributed by atoms with Gasteiger partial charge in [-0.3, -0.25) is 9.36 Å². The summed E-state index contributed by atoms with van der Waals surface area (Å²) in [7, 11) is 0. The van der Waals surface area contributed by atoms with Gasteiger partial charge in [-0.2, -0.15) is 4.98 Å². The number of nitrogens with one attached hydrogen (secondary N) is 2. The third-order valence-corrected chi connectivity index (χ3v) is 5.95. The van der Waals surface area contributed by atoms with Crippen molar-refractivity contribution in [1.82, 2.24) is 14.5 Å². The van der Waals surface area contributed by atoms with E-state index in [0.29, 0.717) is 22.0 Å². The highest BCUT2D eigenvalue weighted by atomic mass is 16.6. The molecule has 2 aromatic carbocycles. The van der Waals surface area contributed by atoms with E-state index in [-0.39, 0.29) is 11.2 Å². The number of hydrogen-bond donors (Lipinski definition) is 6. The fraction of sp³-hybridized carbons (Fsp3) is 0.261. The summed E-state index contributed by atoms with van der Waals surface area (Å²) in [6.07, 6.45) is -5.96. The standard InChI is InChI=1S/C23H22N4O7/c28-10-16-19(30)20(31)21(32)22(34-16)27-8-7-17(26-23(27)33)24-11-5-6-15-13(9-11)18(29)12-3-1-2-4-14(12)25-15/h1-9,16,19-22,28,30-32H,10H2,(H,25,29)(H,24,26,33)/t16-,19-,20+,21-,22-/m1/s1. The maximum Gasteiger partial charge on any atom is 0.351 e. The summed E-state index contributed by atoms with van der Waals surface area (Å²) in [6.45, 7) is -0.611. The van der Waals surface area contributed by atoms with Crippen molar-refractivity contribution < 1.29 is 25.2 Å². The smallest absolute Gasteiger partial charge is 0.351 e. The number of aromatic amines is 1. The first-order valence-corrected chi connectivity index (χ1v) is 10.6. The van der Waals surface area contributed by atoms with Gasteiger partial charge in [0.1, 0.15) is 30.2 Å². The Labute approximate surface area is 191 Å². The summed E-state index contributed by atoms with van der Waals surface area (Å²) in [5.41, 5.74) is 1.02. The van der Waals surface area contributed by atoms with Gasteiger partial charge in [0.05, 0.1) is 6.61 Å². The number of aromatic nitrogens is 3. The number of aliphatic hydroxyl groups excluding tert-OH is 4. The maximum atomic E-state index is 12.9. The Bertz CT molecular complexity index is 1480. The van der Waals surface area contributed by atoms with Crippen molar-refractivity contribution >= 4 is 33.3 Å². The van der Waals surface area contributed by atoms with Gasteiger partial charge in [-0.1, -0.05) is 12.1 Å². The molecule has 34 heavy (non-hydrogen) atoms. The van der Waals surface area contributed by atoms with Crippen molar-refractivity contribution in [2.24, 2.45) is 0 Å². The fourth-order valence-electron chi connectivity index (χ4n) is 4.13. The molecule has 2 aromatic heterocycles. The molecule has 1 aliphatic rings. The first-order valence-electron chi connectivity index (χ1n) is 10.6. The number of nitrogens with zero attached hydrogens (tertiary/aromatic N) is 2. The number of aliphatic hydroxyl groups is 4. The normalized spacial score (nSPS) is 25.0. The molecule has 0 aliphatic carbocycles. The van der Waals surface area contributed by atoms with Gasteiger partial charge >= 0.3 is 5.69 Å². The molecule has 0 spiro atoms. The summed E-state index contributed by atoms with van der Waals surface area (Å²) in [5, 5.41) is 43.5. The van der Waals surface area contributed by atoms with Gasteiger partial charge in [0, 0.05) is 33.7 Å². The summed E-state index contributed by atoms with van der Waals surface area (Å²) in [6, 6.07) is 13.8. The van der Waals surface area contributed by atoms with Gasteiger partial charge in [0.15, 0.2) is 11.7 Å². The highest BCUT2D eigenvalue weighted by Crippen LogP contribution is 2.27. The zero-order valence-electron chi connectivity index (χ0n) is 17.7. The van der Waals surface area contributed by atoms with E-state index in [9.17, 15) is 30.0 Å². The lowest BCUT2D eigenvalue weighted by molar-refractivity contribution is -0.252. The zero-order chi connectivity index (χ0) is 24.0. The Balaban J connectivity index is 1.44. The van der Waals surface area contributed by atoms with E-state index in [1.165, 1.54) is 12.3 Å². The molecule has 176 valence electrons. The summed E-state index contributed by atoms with van der Waals surface area (Å²) in [5.74, 6) is 0.183. The number of benzene rings is 2. The number of fused-ring (bicyclic) bond motifs is 2. The molecule has 11 heteroatoms. The lowest BCUT2D eigenvalue weighted by Gasteiger charge is -2.40. The number of ether oxygens (including phenoxy) is 1. The highest BCUT2D eigenvalue weighted by Gasteiger charge is 2.44. The van der Waals surface area contributed by atoms with Crippen LogP contribution in [-0.4, -0.2) is 66.0 Å². The van der Waals surface area contributed by atoms with Crippen LogP contribution < -0.4 is 16.4 Å². The van der Waals surface area contributed by atoms with Crippen LogP contribution in [0.3, 0.4) is 0 Å². The Kier molecular flexibility index (Phi) is 5.63. The Morgan fingerprint density at radius 1 is 0.971 bits per heavy atom. The average Bonchev–Trinajstić information content (AvgIpc) is 2.84. The molecular weight excluding hydrogens is 444 g/mol. The number of hydrogen-bond acceptors (Lipinski definition) is 9. The third kappa shape index (κ3) is 3.75. The number of rotatable bonds is 4. The number of anilines is 2. The van der Waals surface area contributed by atoms with Crippen molar-refractivity contribution in [3.8, 4) is 0 Å². The van der Waals surface area contributed by atoms with Crippen LogP contribution in [-0.2, 0) is 4.74 Å². The van der Waals surface area contributed by atoms with Crippen molar-refractivity contribution in [2.75, 3.05) is 11.9 Å². The van der Waals surface area contributed by atoms with Gasteiger partial charge in [-0.05, 0) is 36.4 Å². The largest absolute Gasteiger partial charge is 0.394 e. The first kappa shape index (κ1) is 22.2. The summed E-state index contributed by atoms with van der Waals surface area (Å²) < 4.78 is 6.37. The minimum Gasteiger partial charge on any atom is -0.394 e. The molecule has 0 unspecified atom stereocenters. The lowest BCUT2D eigenvalue weighted by atomic mass is 9.98. The van der Waals surface area contributed by atoms with Gasteiger partial charge in [-0.25, -0.2) is 4.79 Å². The van der Waals surface area contributed by atoms with E-state index in [1.54, 1.807) is 30.3 Å². The molecule has 0 saturated carbocycles. The highest BCUT2D eigenvalue weighted by molar-refractivity contribution is 5.94. The van der Waals surface area contributed by atoms with Gasteiger partial charge in [-0.15, -0.1) is 0 Å². The second-order valence-electron chi connectivity index (χ2n) is 8.11. The molecule has 1 aliphatic heterocycles. The number of pyridine rings is 1.